The smallest absolute Gasteiger partial charge is 0.239 e. The monoisotopic (exact) mass is 401 g/mol. The van der Waals surface area contributed by atoms with Crippen LogP contribution in [0.15, 0.2) is 12.1 Å². The first kappa shape index (κ1) is 19.7. The van der Waals surface area contributed by atoms with Gasteiger partial charge in [-0.15, -0.1) is 0 Å². The second-order valence-corrected chi connectivity index (χ2v) is 7.87. The zero-order valence-electron chi connectivity index (χ0n) is 16.7. The number of carbonyl (C=O) groups is 3. The topological polar surface area (TPSA) is 88.2 Å². The fourth-order valence-electron chi connectivity index (χ4n) is 4.32. The van der Waals surface area contributed by atoms with Gasteiger partial charge in [0.15, 0.2) is 17.3 Å². The lowest BCUT2D eigenvalue weighted by molar-refractivity contribution is -0.137. The van der Waals surface area contributed by atoms with Crippen LogP contribution in [0.1, 0.15) is 49.4 Å². The van der Waals surface area contributed by atoms with E-state index in [0.717, 1.165) is 51.7 Å². The van der Waals surface area contributed by atoms with E-state index < -0.39 is 0 Å². The van der Waals surface area contributed by atoms with Crippen molar-refractivity contribution in [1.82, 2.24) is 9.80 Å². The largest absolute Gasteiger partial charge is 0.454 e. The molecule has 8 nitrogen and oxygen atoms in total. The number of hydrogen-bond acceptors (Lipinski definition) is 6. The van der Waals surface area contributed by atoms with E-state index in [4.69, 9.17) is 9.47 Å². The lowest BCUT2D eigenvalue weighted by atomic mass is 10.0. The fourth-order valence-corrected chi connectivity index (χ4v) is 4.32. The molecule has 1 atom stereocenters. The average Bonchev–Trinajstić information content (AvgIpc) is 3.38. The van der Waals surface area contributed by atoms with E-state index in [1.807, 2.05) is 9.80 Å². The highest BCUT2D eigenvalue weighted by Crippen LogP contribution is 2.37. The molecule has 2 fully saturated rings. The molecule has 2 saturated heterocycles. The van der Waals surface area contributed by atoms with Crippen LogP contribution in [0, 0.1) is 0 Å². The molecule has 1 unspecified atom stereocenters. The van der Waals surface area contributed by atoms with E-state index in [2.05, 4.69) is 5.32 Å². The molecule has 0 spiro atoms. The molecule has 0 aromatic heterocycles. The molecule has 0 aliphatic carbocycles. The highest BCUT2D eigenvalue weighted by Gasteiger charge is 2.34. The van der Waals surface area contributed by atoms with Crippen LogP contribution in [0.3, 0.4) is 0 Å². The maximum Gasteiger partial charge on any atom is 0.239 e. The van der Waals surface area contributed by atoms with E-state index in [0.29, 0.717) is 22.7 Å². The number of anilines is 1. The number of amides is 2. The highest BCUT2D eigenvalue weighted by atomic mass is 16.7. The third-order valence-electron chi connectivity index (χ3n) is 5.83. The Morgan fingerprint density at radius 1 is 1.03 bits per heavy atom. The molecule has 156 valence electrons. The van der Waals surface area contributed by atoms with E-state index in [1.54, 1.807) is 12.1 Å². The fraction of sp³-hybridized carbons (Fsp3) is 0.571. The lowest BCUT2D eigenvalue weighted by Crippen LogP contribution is -2.52. The minimum absolute atomic E-state index is 0.0954. The van der Waals surface area contributed by atoms with Crippen molar-refractivity contribution in [2.24, 2.45) is 0 Å². The highest BCUT2D eigenvalue weighted by molar-refractivity contribution is 6.05. The predicted octanol–water partition coefficient (Wildman–Crippen LogP) is 2.03. The van der Waals surface area contributed by atoms with Crippen molar-refractivity contribution >= 4 is 23.3 Å². The molecule has 0 saturated carbocycles. The summed E-state index contributed by atoms with van der Waals surface area (Å²) in [5, 5.41) is 2.84. The van der Waals surface area contributed by atoms with Gasteiger partial charge in [-0.2, -0.15) is 0 Å². The molecule has 3 aliphatic heterocycles. The summed E-state index contributed by atoms with van der Waals surface area (Å²) >= 11 is 0. The van der Waals surface area contributed by atoms with E-state index in [-0.39, 0.29) is 37.0 Å². The lowest BCUT2D eigenvalue weighted by Gasteiger charge is -2.36. The standard InChI is InChI=1S/C21H27N3O5/c1-14(25)15-10-18-19(29-13-28-18)11-16(15)22-20(26)12-24-9-3-2-6-17(24)21(27)23-7-4-5-8-23/h10-11,17H,2-9,12-13H2,1H3,(H,22,26). The molecule has 0 radical (unpaired) electrons. The molecule has 2 amide bonds. The quantitative estimate of drug-likeness (QED) is 0.760. The Morgan fingerprint density at radius 3 is 2.45 bits per heavy atom. The van der Waals surface area contributed by atoms with Gasteiger partial charge in [-0.25, -0.2) is 0 Å². The second kappa shape index (κ2) is 8.41. The van der Waals surface area contributed by atoms with Gasteiger partial charge in [-0.3, -0.25) is 19.3 Å². The maximum atomic E-state index is 12.9. The first-order valence-electron chi connectivity index (χ1n) is 10.3. The number of rotatable bonds is 5. The van der Waals surface area contributed by atoms with Crippen LogP contribution < -0.4 is 14.8 Å². The average molecular weight is 401 g/mol. The summed E-state index contributed by atoms with van der Waals surface area (Å²) < 4.78 is 10.7. The summed E-state index contributed by atoms with van der Waals surface area (Å²) in [6, 6.07) is 2.98. The van der Waals surface area contributed by atoms with Crippen molar-refractivity contribution in [2.45, 2.75) is 45.1 Å². The summed E-state index contributed by atoms with van der Waals surface area (Å²) in [6.45, 7) is 4.01. The van der Waals surface area contributed by atoms with Crippen LogP contribution in [0.2, 0.25) is 0 Å². The SMILES string of the molecule is CC(=O)c1cc2c(cc1NC(=O)CN1CCCCC1C(=O)N1CCCC1)OCO2. The van der Waals surface area contributed by atoms with Gasteiger partial charge in [0.05, 0.1) is 18.3 Å². The number of ether oxygens (including phenoxy) is 2. The first-order valence-corrected chi connectivity index (χ1v) is 10.3. The zero-order valence-corrected chi connectivity index (χ0v) is 16.7. The van der Waals surface area contributed by atoms with Gasteiger partial charge in [0, 0.05) is 24.7 Å². The molecule has 3 heterocycles. The van der Waals surface area contributed by atoms with Crippen LogP contribution in [-0.4, -0.2) is 66.4 Å². The molecule has 1 aromatic carbocycles. The van der Waals surface area contributed by atoms with Crippen LogP contribution in [0.4, 0.5) is 5.69 Å². The number of benzene rings is 1. The van der Waals surface area contributed by atoms with Gasteiger partial charge < -0.3 is 19.7 Å². The van der Waals surface area contributed by atoms with E-state index in [9.17, 15) is 14.4 Å². The van der Waals surface area contributed by atoms with Gasteiger partial charge in [-0.1, -0.05) is 6.42 Å². The third kappa shape index (κ3) is 4.22. The number of nitrogens with one attached hydrogen (secondary N) is 1. The number of carbonyl (C=O) groups excluding carboxylic acids is 3. The molecule has 29 heavy (non-hydrogen) atoms. The van der Waals surface area contributed by atoms with Crippen molar-refractivity contribution in [3.05, 3.63) is 17.7 Å². The number of Topliss-reactive ketones (excluding diaryl/α,β-unsaturated/α-hetero) is 1. The van der Waals surface area contributed by atoms with Gasteiger partial charge in [0.1, 0.15) is 0 Å². The zero-order chi connectivity index (χ0) is 20.4. The predicted molar refractivity (Wildman–Crippen MR) is 106 cm³/mol. The number of hydrogen-bond donors (Lipinski definition) is 1. The Balaban J connectivity index is 1.46. The number of fused-ring (bicyclic) bond motifs is 1. The van der Waals surface area contributed by atoms with Crippen molar-refractivity contribution in [2.75, 3.05) is 38.3 Å². The third-order valence-corrected chi connectivity index (χ3v) is 5.83. The number of piperidine rings is 1. The molecule has 3 aliphatic rings. The normalized spacial score (nSPS) is 21.3. The Kier molecular flexibility index (Phi) is 5.71. The molecule has 1 N–H and O–H groups in total. The van der Waals surface area contributed by atoms with Gasteiger partial charge >= 0.3 is 0 Å². The van der Waals surface area contributed by atoms with E-state index in [1.165, 1.54) is 6.92 Å². The Labute approximate surface area is 170 Å². The van der Waals surface area contributed by atoms with Crippen molar-refractivity contribution in [3.63, 3.8) is 0 Å². The number of nitrogens with zero attached hydrogens (tertiary/aromatic N) is 2. The van der Waals surface area contributed by atoms with E-state index >= 15 is 0 Å². The Hall–Kier alpha value is -2.61. The Bertz CT molecular complexity index is 819. The molecular formula is C21H27N3O5. The van der Waals surface area contributed by atoms with Gasteiger partial charge in [0.25, 0.3) is 0 Å². The molecule has 8 heteroatoms. The number of ketones is 1. The minimum Gasteiger partial charge on any atom is -0.454 e. The summed E-state index contributed by atoms with van der Waals surface area (Å²) in [5.74, 6) is 0.736. The second-order valence-electron chi connectivity index (χ2n) is 7.87. The minimum atomic E-state index is -0.243. The molecule has 1 aromatic rings. The summed E-state index contributed by atoms with van der Waals surface area (Å²) in [4.78, 5) is 41.6. The van der Waals surface area contributed by atoms with Gasteiger partial charge in [-0.05, 0) is 45.2 Å². The van der Waals surface area contributed by atoms with Crippen LogP contribution in [-0.2, 0) is 9.59 Å². The summed E-state index contributed by atoms with van der Waals surface area (Å²) in [7, 11) is 0. The van der Waals surface area contributed by atoms with Crippen molar-refractivity contribution in [1.29, 1.82) is 0 Å². The van der Waals surface area contributed by atoms with Crippen LogP contribution in [0.25, 0.3) is 0 Å². The molecule has 4 rings (SSSR count). The summed E-state index contributed by atoms with van der Waals surface area (Å²) in [6.07, 6.45) is 4.86. The summed E-state index contributed by atoms with van der Waals surface area (Å²) in [5.41, 5.74) is 0.789. The molecule has 0 bridgehead atoms. The maximum absolute atomic E-state index is 12.9. The first-order chi connectivity index (χ1) is 14.0. The number of likely N-dealkylation sites (tertiary alicyclic amines) is 2. The van der Waals surface area contributed by atoms with Crippen molar-refractivity contribution < 1.29 is 23.9 Å². The van der Waals surface area contributed by atoms with Crippen LogP contribution in [0.5, 0.6) is 11.5 Å². The Morgan fingerprint density at radius 2 is 1.72 bits per heavy atom. The molecular weight excluding hydrogens is 374 g/mol. The van der Waals surface area contributed by atoms with Gasteiger partial charge in [0.2, 0.25) is 18.6 Å². The van der Waals surface area contributed by atoms with Crippen molar-refractivity contribution in [3.8, 4) is 11.5 Å². The van der Waals surface area contributed by atoms with Crippen LogP contribution >= 0.6 is 0 Å².